The van der Waals surface area contributed by atoms with E-state index in [-0.39, 0.29) is 0 Å². The average molecular weight is 246 g/mol. The van der Waals surface area contributed by atoms with E-state index in [1.54, 1.807) is 0 Å². The van der Waals surface area contributed by atoms with Gasteiger partial charge in [-0.1, -0.05) is 37.1 Å². The van der Waals surface area contributed by atoms with Crippen molar-refractivity contribution in [3.8, 4) is 0 Å². The lowest BCUT2D eigenvalue weighted by Crippen LogP contribution is -2.50. The van der Waals surface area contributed by atoms with Crippen LogP contribution < -0.4 is 5.32 Å². The van der Waals surface area contributed by atoms with Gasteiger partial charge in [-0.15, -0.1) is 0 Å². The molecule has 1 saturated heterocycles. The molecule has 2 heteroatoms. The van der Waals surface area contributed by atoms with Gasteiger partial charge in [-0.25, -0.2) is 0 Å². The highest BCUT2D eigenvalue weighted by Gasteiger charge is 2.18. The molecule has 100 valence electrons. The lowest BCUT2D eigenvalue weighted by Gasteiger charge is -2.34. The Morgan fingerprint density at radius 2 is 2.17 bits per heavy atom. The van der Waals surface area contributed by atoms with Crippen LogP contribution in [0.25, 0.3) is 0 Å². The molecule has 0 saturated carbocycles. The number of piperazine rings is 1. The van der Waals surface area contributed by atoms with Crippen molar-refractivity contribution in [2.45, 2.75) is 46.2 Å². The molecule has 1 fully saturated rings. The molecular formula is C16H26N2. The van der Waals surface area contributed by atoms with Crippen molar-refractivity contribution < 1.29 is 0 Å². The van der Waals surface area contributed by atoms with Crippen LogP contribution in [0, 0.1) is 13.8 Å². The Morgan fingerprint density at radius 3 is 2.94 bits per heavy atom. The summed E-state index contributed by atoms with van der Waals surface area (Å²) in [5, 5.41) is 3.62. The molecule has 1 N–H and O–H groups in total. The second-order valence-electron chi connectivity index (χ2n) is 5.60. The van der Waals surface area contributed by atoms with Gasteiger partial charge < -0.3 is 5.32 Å². The molecule has 1 aliphatic rings. The van der Waals surface area contributed by atoms with Crippen LogP contribution in [0.1, 0.15) is 36.5 Å². The lowest BCUT2D eigenvalue weighted by molar-refractivity contribution is 0.186. The second kappa shape index (κ2) is 6.35. The molecule has 0 aliphatic carbocycles. The fourth-order valence-electron chi connectivity index (χ4n) is 2.79. The molecule has 1 unspecified atom stereocenters. The van der Waals surface area contributed by atoms with E-state index in [1.807, 2.05) is 0 Å². The molecule has 1 atom stereocenters. The molecule has 18 heavy (non-hydrogen) atoms. The highest BCUT2D eigenvalue weighted by molar-refractivity contribution is 5.30. The summed E-state index contributed by atoms with van der Waals surface area (Å²) in [5.41, 5.74) is 4.29. The zero-order valence-electron chi connectivity index (χ0n) is 12.0. The Kier molecular flexibility index (Phi) is 4.79. The Balaban J connectivity index is 1.98. The van der Waals surface area contributed by atoms with E-state index in [4.69, 9.17) is 0 Å². The van der Waals surface area contributed by atoms with Crippen LogP contribution in [0.2, 0.25) is 0 Å². The standard InChI is InChI=1S/C16H26N2/c1-4-5-16-12-18(9-8-17-16)11-15-10-13(2)6-7-14(15)3/h6-7,10,16-17H,4-5,8-9,11-12H2,1-3H3. The maximum atomic E-state index is 3.62. The molecule has 0 amide bonds. The molecule has 2 rings (SSSR count). The van der Waals surface area contributed by atoms with Crippen LogP contribution in [0.3, 0.4) is 0 Å². The van der Waals surface area contributed by atoms with Gasteiger partial charge in [0, 0.05) is 32.2 Å². The molecule has 0 aromatic heterocycles. The van der Waals surface area contributed by atoms with Crippen molar-refractivity contribution in [2.75, 3.05) is 19.6 Å². The normalized spacial score (nSPS) is 21.2. The van der Waals surface area contributed by atoms with Gasteiger partial charge in [-0.05, 0) is 31.4 Å². The summed E-state index contributed by atoms with van der Waals surface area (Å²) in [6.07, 6.45) is 2.57. The molecule has 2 nitrogen and oxygen atoms in total. The van der Waals surface area contributed by atoms with Gasteiger partial charge in [0.2, 0.25) is 0 Å². The van der Waals surface area contributed by atoms with E-state index >= 15 is 0 Å². The minimum atomic E-state index is 0.689. The first-order valence-electron chi connectivity index (χ1n) is 7.21. The predicted octanol–water partition coefficient (Wildman–Crippen LogP) is 2.88. The molecular weight excluding hydrogens is 220 g/mol. The predicted molar refractivity (Wildman–Crippen MR) is 77.9 cm³/mol. The molecule has 0 radical (unpaired) electrons. The van der Waals surface area contributed by atoms with Gasteiger partial charge in [-0.2, -0.15) is 0 Å². The van der Waals surface area contributed by atoms with Gasteiger partial charge in [0.05, 0.1) is 0 Å². The number of benzene rings is 1. The van der Waals surface area contributed by atoms with Crippen molar-refractivity contribution in [2.24, 2.45) is 0 Å². The second-order valence-corrected chi connectivity index (χ2v) is 5.60. The summed E-state index contributed by atoms with van der Waals surface area (Å²) >= 11 is 0. The summed E-state index contributed by atoms with van der Waals surface area (Å²) in [6, 6.07) is 7.48. The summed E-state index contributed by atoms with van der Waals surface area (Å²) in [7, 11) is 0. The maximum absolute atomic E-state index is 3.62. The Bertz CT molecular complexity index is 385. The minimum absolute atomic E-state index is 0.689. The Hall–Kier alpha value is -0.860. The van der Waals surface area contributed by atoms with Crippen LogP contribution in [0.5, 0.6) is 0 Å². The molecule has 1 heterocycles. The topological polar surface area (TPSA) is 15.3 Å². The van der Waals surface area contributed by atoms with E-state index in [9.17, 15) is 0 Å². The van der Waals surface area contributed by atoms with Gasteiger partial charge in [0.25, 0.3) is 0 Å². The Morgan fingerprint density at radius 1 is 1.33 bits per heavy atom. The summed E-state index contributed by atoms with van der Waals surface area (Å²) in [6.45, 7) is 11.3. The fraction of sp³-hybridized carbons (Fsp3) is 0.625. The highest BCUT2D eigenvalue weighted by atomic mass is 15.2. The summed E-state index contributed by atoms with van der Waals surface area (Å²) in [4.78, 5) is 2.60. The zero-order valence-corrected chi connectivity index (χ0v) is 12.0. The molecule has 0 spiro atoms. The number of rotatable bonds is 4. The van der Waals surface area contributed by atoms with Crippen molar-refractivity contribution in [3.63, 3.8) is 0 Å². The first-order valence-corrected chi connectivity index (χ1v) is 7.21. The monoisotopic (exact) mass is 246 g/mol. The SMILES string of the molecule is CCCC1CN(Cc2cc(C)ccc2C)CCN1. The van der Waals surface area contributed by atoms with Crippen molar-refractivity contribution in [1.82, 2.24) is 10.2 Å². The largest absolute Gasteiger partial charge is 0.311 e. The van der Waals surface area contributed by atoms with E-state index in [0.717, 1.165) is 13.1 Å². The number of hydrogen-bond acceptors (Lipinski definition) is 2. The van der Waals surface area contributed by atoms with E-state index < -0.39 is 0 Å². The zero-order chi connectivity index (χ0) is 13.0. The van der Waals surface area contributed by atoms with Crippen LogP contribution in [0.4, 0.5) is 0 Å². The van der Waals surface area contributed by atoms with Crippen molar-refractivity contribution >= 4 is 0 Å². The van der Waals surface area contributed by atoms with Gasteiger partial charge in [0.15, 0.2) is 0 Å². The third kappa shape index (κ3) is 3.56. The third-order valence-corrected chi connectivity index (χ3v) is 3.88. The molecule has 0 bridgehead atoms. The van der Waals surface area contributed by atoms with Crippen molar-refractivity contribution in [1.29, 1.82) is 0 Å². The highest BCUT2D eigenvalue weighted by Crippen LogP contribution is 2.15. The number of nitrogens with zero attached hydrogens (tertiary/aromatic N) is 1. The molecule has 1 aromatic rings. The average Bonchev–Trinajstić information content (AvgIpc) is 2.35. The van der Waals surface area contributed by atoms with E-state index in [0.29, 0.717) is 6.04 Å². The van der Waals surface area contributed by atoms with Crippen LogP contribution in [0.15, 0.2) is 18.2 Å². The fourth-order valence-corrected chi connectivity index (χ4v) is 2.79. The van der Waals surface area contributed by atoms with Crippen LogP contribution in [-0.2, 0) is 6.54 Å². The summed E-state index contributed by atoms with van der Waals surface area (Å²) in [5.74, 6) is 0. The van der Waals surface area contributed by atoms with Crippen LogP contribution >= 0.6 is 0 Å². The van der Waals surface area contributed by atoms with Crippen molar-refractivity contribution in [3.05, 3.63) is 34.9 Å². The maximum Gasteiger partial charge on any atom is 0.0237 e. The smallest absolute Gasteiger partial charge is 0.0237 e. The first-order chi connectivity index (χ1) is 8.69. The van der Waals surface area contributed by atoms with Gasteiger partial charge >= 0.3 is 0 Å². The first kappa shape index (κ1) is 13.6. The lowest BCUT2D eigenvalue weighted by atomic mass is 10.0. The molecule has 1 aromatic carbocycles. The number of nitrogens with one attached hydrogen (secondary N) is 1. The van der Waals surface area contributed by atoms with Crippen LogP contribution in [-0.4, -0.2) is 30.6 Å². The quantitative estimate of drug-likeness (QED) is 0.879. The molecule has 1 aliphatic heterocycles. The third-order valence-electron chi connectivity index (χ3n) is 3.88. The Labute approximate surface area is 111 Å². The van der Waals surface area contributed by atoms with Gasteiger partial charge in [0.1, 0.15) is 0 Å². The van der Waals surface area contributed by atoms with E-state index in [2.05, 4.69) is 49.2 Å². The number of hydrogen-bond donors (Lipinski definition) is 1. The van der Waals surface area contributed by atoms with E-state index in [1.165, 1.54) is 42.6 Å². The summed E-state index contributed by atoms with van der Waals surface area (Å²) < 4.78 is 0. The minimum Gasteiger partial charge on any atom is -0.311 e. The van der Waals surface area contributed by atoms with Gasteiger partial charge in [-0.3, -0.25) is 4.90 Å². The number of aryl methyl sites for hydroxylation is 2.